The molecule has 9 heteroatoms. The van der Waals surface area contributed by atoms with Crippen LogP contribution in [0.3, 0.4) is 0 Å². The Labute approximate surface area is 160 Å². The van der Waals surface area contributed by atoms with E-state index in [-0.39, 0.29) is 11.7 Å². The molecule has 0 aliphatic carbocycles. The number of ether oxygens (including phenoxy) is 4. The molecule has 4 rings (SSSR count). The molecule has 0 radical (unpaired) electrons. The van der Waals surface area contributed by atoms with Crippen LogP contribution in [0.5, 0.6) is 11.5 Å². The molecule has 0 unspecified atom stereocenters. The largest absolute Gasteiger partial charge is 0.494 e. The Morgan fingerprint density at radius 3 is 2.63 bits per heavy atom. The zero-order valence-corrected chi connectivity index (χ0v) is 16.1. The Kier molecular flexibility index (Phi) is 4.93. The summed E-state index contributed by atoms with van der Waals surface area (Å²) in [5.41, 5.74) is 0.799. The second-order valence-corrected chi connectivity index (χ2v) is 7.13. The molecule has 0 spiro atoms. The van der Waals surface area contributed by atoms with E-state index in [0.29, 0.717) is 50.9 Å². The highest BCUT2D eigenvalue weighted by molar-refractivity contribution is 7.22. The summed E-state index contributed by atoms with van der Waals surface area (Å²) in [6, 6.07) is 3.88. The number of piperazine rings is 1. The second kappa shape index (κ2) is 7.51. The zero-order valence-electron chi connectivity index (χ0n) is 15.3. The molecule has 0 bridgehead atoms. The van der Waals surface area contributed by atoms with Crippen molar-refractivity contribution in [2.24, 2.45) is 0 Å². The Bertz CT molecular complexity index is 873. The van der Waals surface area contributed by atoms with Crippen LogP contribution in [-0.4, -0.2) is 69.4 Å². The van der Waals surface area contributed by atoms with E-state index in [4.69, 9.17) is 23.9 Å². The van der Waals surface area contributed by atoms with Crippen LogP contribution in [0.2, 0.25) is 0 Å². The molecule has 1 amide bonds. The number of carbonyl (C=O) groups is 1. The van der Waals surface area contributed by atoms with Crippen molar-refractivity contribution in [2.75, 3.05) is 58.5 Å². The van der Waals surface area contributed by atoms with E-state index in [9.17, 15) is 4.79 Å². The Morgan fingerprint density at radius 2 is 1.96 bits per heavy atom. The lowest BCUT2D eigenvalue weighted by atomic mass is 10.3. The van der Waals surface area contributed by atoms with Gasteiger partial charge in [0.05, 0.1) is 18.9 Å². The fourth-order valence-corrected chi connectivity index (χ4v) is 4.19. The fourth-order valence-electron chi connectivity index (χ4n) is 3.17. The number of thiazole rings is 1. The van der Waals surface area contributed by atoms with Crippen molar-refractivity contribution in [3.8, 4) is 11.5 Å². The van der Waals surface area contributed by atoms with E-state index in [2.05, 4.69) is 4.90 Å². The van der Waals surface area contributed by atoms with Crippen molar-refractivity contribution in [3.05, 3.63) is 24.2 Å². The van der Waals surface area contributed by atoms with Gasteiger partial charge in [-0.1, -0.05) is 11.3 Å². The first kappa shape index (κ1) is 17.7. The van der Waals surface area contributed by atoms with Gasteiger partial charge < -0.3 is 28.7 Å². The maximum atomic E-state index is 12.5. The molecule has 0 atom stereocenters. The summed E-state index contributed by atoms with van der Waals surface area (Å²) < 4.78 is 22.4. The van der Waals surface area contributed by atoms with E-state index in [1.165, 1.54) is 6.26 Å². The third-order valence-corrected chi connectivity index (χ3v) is 5.67. The van der Waals surface area contributed by atoms with Gasteiger partial charge in [0.1, 0.15) is 25.0 Å². The number of rotatable bonds is 4. The highest BCUT2D eigenvalue weighted by atomic mass is 32.1. The third-order valence-electron chi connectivity index (χ3n) is 4.59. The number of nitrogens with zero attached hydrogens (tertiary/aromatic N) is 3. The number of methoxy groups -OCH3 is 2. The smallest absolute Gasteiger partial charge is 0.292 e. The minimum absolute atomic E-state index is 0.120. The van der Waals surface area contributed by atoms with Gasteiger partial charge in [-0.3, -0.25) is 4.79 Å². The number of hydrogen-bond donors (Lipinski definition) is 0. The lowest BCUT2D eigenvalue weighted by molar-refractivity contribution is -0.132. The molecule has 8 nitrogen and oxygen atoms in total. The highest BCUT2D eigenvalue weighted by Gasteiger charge is 2.27. The van der Waals surface area contributed by atoms with Gasteiger partial charge >= 0.3 is 0 Å². The molecule has 0 saturated carbocycles. The van der Waals surface area contributed by atoms with E-state index < -0.39 is 0 Å². The predicted molar refractivity (Wildman–Crippen MR) is 102 cm³/mol. The van der Waals surface area contributed by atoms with Crippen molar-refractivity contribution in [1.82, 2.24) is 9.88 Å². The van der Waals surface area contributed by atoms with Crippen LogP contribution in [0.1, 0.15) is 0 Å². The van der Waals surface area contributed by atoms with Crippen molar-refractivity contribution < 1.29 is 23.7 Å². The van der Waals surface area contributed by atoms with Crippen molar-refractivity contribution in [2.45, 2.75) is 0 Å². The lowest BCUT2D eigenvalue weighted by Gasteiger charge is -2.35. The van der Waals surface area contributed by atoms with Gasteiger partial charge in [-0.15, -0.1) is 0 Å². The number of carbonyl (C=O) groups excluding carboxylic acids is 1. The lowest BCUT2D eigenvalue weighted by Crippen LogP contribution is -2.49. The highest BCUT2D eigenvalue weighted by Crippen LogP contribution is 2.40. The van der Waals surface area contributed by atoms with Crippen LogP contribution in [-0.2, 0) is 14.3 Å². The number of anilines is 1. The maximum absolute atomic E-state index is 12.5. The summed E-state index contributed by atoms with van der Waals surface area (Å²) in [6.45, 7) is 3.52. The van der Waals surface area contributed by atoms with Crippen LogP contribution >= 0.6 is 11.3 Å². The van der Waals surface area contributed by atoms with Crippen molar-refractivity contribution >= 4 is 32.6 Å². The summed E-state index contributed by atoms with van der Waals surface area (Å²) in [6.07, 6.45) is 1.41. The number of benzene rings is 1. The average Bonchev–Trinajstić information content (AvgIpc) is 3.17. The standard InChI is InChI=1S/C18H21N3O5S/c1-23-12-3-4-14-15(16(12)24-2)19-18(27-14)21-7-5-20(6-8-21)17(22)13-11-25-9-10-26-13/h3-4,11H,5-10H2,1-2H3. The summed E-state index contributed by atoms with van der Waals surface area (Å²) in [4.78, 5) is 21.2. The number of fused-ring (bicyclic) bond motifs is 1. The molecule has 144 valence electrons. The minimum Gasteiger partial charge on any atom is -0.494 e. The van der Waals surface area contributed by atoms with E-state index in [1.54, 1.807) is 30.5 Å². The van der Waals surface area contributed by atoms with Crippen LogP contribution in [0, 0.1) is 0 Å². The molecular formula is C18H21N3O5S. The molecule has 0 N–H and O–H groups in total. The summed E-state index contributed by atoms with van der Waals surface area (Å²) >= 11 is 1.61. The Hall–Kier alpha value is -2.68. The molecule has 2 aliphatic heterocycles. The number of aromatic nitrogens is 1. The minimum atomic E-state index is -0.120. The van der Waals surface area contributed by atoms with Crippen LogP contribution in [0.15, 0.2) is 24.2 Å². The van der Waals surface area contributed by atoms with Gasteiger partial charge in [0.25, 0.3) is 5.91 Å². The van der Waals surface area contributed by atoms with Gasteiger partial charge in [-0.05, 0) is 12.1 Å². The Balaban J connectivity index is 1.48. The predicted octanol–water partition coefficient (Wildman–Crippen LogP) is 1.85. The van der Waals surface area contributed by atoms with Crippen molar-refractivity contribution in [3.63, 3.8) is 0 Å². The maximum Gasteiger partial charge on any atom is 0.292 e. The van der Waals surface area contributed by atoms with Gasteiger partial charge in [0, 0.05) is 26.2 Å². The number of hydrogen-bond acceptors (Lipinski definition) is 8. The van der Waals surface area contributed by atoms with Crippen LogP contribution in [0.4, 0.5) is 5.13 Å². The molecule has 3 heterocycles. The third kappa shape index (κ3) is 3.34. The molecule has 2 aliphatic rings. The van der Waals surface area contributed by atoms with Crippen LogP contribution < -0.4 is 14.4 Å². The summed E-state index contributed by atoms with van der Waals surface area (Å²) in [7, 11) is 3.23. The summed E-state index contributed by atoms with van der Waals surface area (Å²) in [5, 5.41) is 0.917. The zero-order chi connectivity index (χ0) is 18.8. The monoisotopic (exact) mass is 391 g/mol. The summed E-state index contributed by atoms with van der Waals surface area (Å²) in [5.74, 6) is 1.48. The first-order valence-corrected chi connectivity index (χ1v) is 9.53. The molecular weight excluding hydrogens is 370 g/mol. The van der Waals surface area contributed by atoms with Crippen LogP contribution in [0.25, 0.3) is 10.2 Å². The fraction of sp³-hybridized carbons (Fsp3) is 0.444. The van der Waals surface area contributed by atoms with Gasteiger partial charge in [0.2, 0.25) is 5.76 Å². The SMILES string of the molecule is COc1ccc2sc(N3CCN(C(=O)C4=COCCO4)CC3)nc2c1OC. The van der Waals surface area contributed by atoms with E-state index in [0.717, 1.165) is 15.3 Å². The molecule has 2 aromatic rings. The second-order valence-electron chi connectivity index (χ2n) is 6.12. The Morgan fingerprint density at radius 1 is 1.15 bits per heavy atom. The topological polar surface area (TPSA) is 73.4 Å². The molecule has 1 aromatic carbocycles. The van der Waals surface area contributed by atoms with Gasteiger partial charge in [0.15, 0.2) is 16.6 Å². The van der Waals surface area contributed by atoms with Gasteiger partial charge in [-0.2, -0.15) is 0 Å². The van der Waals surface area contributed by atoms with E-state index in [1.807, 2.05) is 12.1 Å². The first-order chi connectivity index (χ1) is 13.2. The normalized spacial score (nSPS) is 17.2. The van der Waals surface area contributed by atoms with Gasteiger partial charge in [-0.25, -0.2) is 4.98 Å². The molecule has 27 heavy (non-hydrogen) atoms. The van der Waals surface area contributed by atoms with Crippen molar-refractivity contribution in [1.29, 1.82) is 0 Å². The number of amides is 1. The van der Waals surface area contributed by atoms with E-state index >= 15 is 0 Å². The molecule has 1 saturated heterocycles. The molecule has 1 fully saturated rings. The quantitative estimate of drug-likeness (QED) is 0.787. The first-order valence-electron chi connectivity index (χ1n) is 8.71. The molecule has 1 aromatic heterocycles. The average molecular weight is 391 g/mol.